The number of halogens is 2. The molecule has 1 heterocycles. The maximum absolute atomic E-state index is 12.7. The molecule has 132 valence electrons. The number of hydrogen-bond donors (Lipinski definition) is 1. The third-order valence-electron chi connectivity index (χ3n) is 4.05. The van der Waals surface area contributed by atoms with Crippen LogP contribution >= 0.6 is 23.2 Å². The first-order chi connectivity index (χ1) is 12.5. The highest BCUT2D eigenvalue weighted by atomic mass is 35.5. The van der Waals surface area contributed by atoms with E-state index in [0.717, 1.165) is 11.1 Å². The SMILES string of the molecule is Cc1c(Cl)cccc1NC(=O)c1cccn(Cc2ccc(Cl)cc2)c1=O. The first-order valence-corrected chi connectivity index (χ1v) is 8.71. The van der Waals surface area contributed by atoms with Gasteiger partial charge >= 0.3 is 0 Å². The Hall–Kier alpha value is -2.56. The summed E-state index contributed by atoms with van der Waals surface area (Å²) in [7, 11) is 0. The molecule has 0 spiro atoms. The second-order valence-electron chi connectivity index (χ2n) is 5.85. The van der Waals surface area contributed by atoms with Crippen LogP contribution in [-0.2, 0) is 6.54 Å². The number of amides is 1. The van der Waals surface area contributed by atoms with Crippen molar-refractivity contribution in [2.24, 2.45) is 0 Å². The van der Waals surface area contributed by atoms with Gasteiger partial charge in [0.05, 0.1) is 6.54 Å². The van der Waals surface area contributed by atoms with E-state index in [-0.39, 0.29) is 11.1 Å². The van der Waals surface area contributed by atoms with Crippen LogP contribution in [0.15, 0.2) is 65.6 Å². The average Bonchev–Trinajstić information content (AvgIpc) is 2.62. The zero-order valence-electron chi connectivity index (χ0n) is 14.0. The molecule has 0 saturated heterocycles. The number of aromatic nitrogens is 1. The molecule has 1 amide bonds. The van der Waals surface area contributed by atoms with Gasteiger partial charge < -0.3 is 9.88 Å². The molecule has 1 aromatic heterocycles. The molecule has 26 heavy (non-hydrogen) atoms. The van der Waals surface area contributed by atoms with E-state index >= 15 is 0 Å². The lowest BCUT2D eigenvalue weighted by Crippen LogP contribution is -2.29. The molecule has 6 heteroatoms. The zero-order valence-corrected chi connectivity index (χ0v) is 15.5. The number of hydrogen-bond acceptors (Lipinski definition) is 2. The normalized spacial score (nSPS) is 10.6. The van der Waals surface area contributed by atoms with Crippen molar-refractivity contribution in [1.29, 1.82) is 0 Å². The van der Waals surface area contributed by atoms with Crippen molar-refractivity contribution in [1.82, 2.24) is 4.57 Å². The van der Waals surface area contributed by atoms with Crippen LogP contribution in [0, 0.1) is 6.92 Å². The topological polar surface area (TPSA) is 51.1 Å². The Morgan fingerprint density at radius 3 is 2.50 bits per heavy atom. The van der Waals surface area contributed by atoms with Crippen LogP contribution in [0.4, 0.5) is 5.69 Å². The van der Waals surface area contributed by atoms with Crippen LogP contribution in [0.25, 0.3) is 0 Å². The van der Waals surface area contributed by atoms with Gasteiger partial charge in [-0.05, 0) is 54.4 Å². The number of nitrogens with zero attached hydrogens (tertiary/aromatic N) is 1. The molecule has 0 unspecified atom stereocenters. The van der Waals surface area contributed by atoms with Gasteiger partial charge in [-0.25, -0.2) is 0 Å². The van der Waals surface area contributed by atoms with Gasteiger partial charge in [0.1, 0.15) is 5.56 Å². The Balaban J connectivity index is 1.86. The van der Waals surface area contributed by atoms with Gasteiger partial charge in [0.25, 0.3) is 11.5 Å². The quantitative estimate of drug-likeness (QED) is 0.702. The maximum atomic E-state index is 12.7. The minimum atomic E-state index is -0.467. The minimum Gasteiger partial charge on any atom is -0.322 e. The van der Waals surface area contributed by atoms with Crippen LogP contribution in [0.1, 0.15) is 21.5 Å². The fraction of sp³-hybridized carbons (Fsp3) is 0.100. The Labute approximate surface area is 161 Å². The summed E-state index contributed by atoms with van der Waals surface area (Å²) < 4.78 is 1.49. The van der Waals surface area contributed by atoms with Crippen molar-refractivity contribution in [2.75, 3.05) is 5.32 Å². The number of anilines is 1. The Morgan fingerprint density at radius 2 is 1.77 bits per heavy atom. The monoisotopic (exact) mass is 386 g/mol. The van der Waals surface area contributed by atoms with E-state index in [9.17, 15) is 9.59 Å². The number of pyridine rings is 1. The van der Waals surface area contributed by atoms with Gasteiger partial charge in [0.15, 0.2) is 0 Å². The Morgan fingerprint density at radius 1 is 1.04 bits per heavy atom. The number of carbonyl (C=O) groups excluding carboxylic acids is 1. The Bertz CT molecular complexity index is 1010. The summed E-state index contributed by atoms with van der Waals surface area (Å²) in [4.78, 5) is 25.2. The molecule has 4 nitrogen and oxygen atoms in total. The van der Waals surface area contributed by atoms with Crippen LogP contribution in [0.2, 0.25) is 10.0 Å². The summed E-state index contributed by atoms with van der Waals surface area (Å²) >= 11 is 12.0. The fourth-order valence-electron chi connectivity index (χ4n) is 2.55. The molecule has 0 aliphatic heterocycles. The van der Waals surface area contributed by atoms with Crippen LogP contribution < -0.4 is 10.9 Å². The second-order valence-corrected chi connectivity index (χ2v) is 6.69. The highest BCUT2D eigenvalue weighted by Crippen LogP contribution is 2.23. The molecule has 0 atom stereocenters. The van der Waals surface area contributed by atoms with E-state index in [1.165, 1.54) is 10.6 Å². The summed E-state index contributed by atoms with van der Waals surface area (Å²) in [6, 6.07) is 15.6. The third-order valence-corrected chi connectivity index (χ3v) is 4.71. The van der Waals surface area contributed by atoms with Crippen molar-refractivity contribution < 1.29 is 4.79 Å². The highest BCUT2D eigenvalue weighted by molar-refractivity contribution is 6.31. The average molecular weight is 387 g/mol. The number of carbonyl (C=O) groups is 1. The fourth-order valence-corrected chi connectivity index (χ4v) is 2.85. The van der Waals surface area contributed by atoms with E-state index in [2.05, 4.69) is 5.32 Å². The minimum absolute atomic E-state index is 0.0702. The van der Waals surface area contributed by atoms with Gasteiger partial charge in [-0.3, -0.25) is 9.59 Å². The second kappa shape index (κ2) is 7.77. The molecule has 3 aromatic rings. The summed E-state index contributed by atoms with van der Waals surface area (Å²) in [5, 5.41) is 3.94. The van der Waals surface area contributed by atoms with E-state index in [4.69, 9.17) is 23.2 Å². The summed E-state index contributed by atoms with van der Waals surface area (Å²) in [6.07, 6.45) is 1.65. The molecular formula is C20H16Cl2N2O2. The van der Waals surface area contributed by atoms with Gasteiger partial charge in [-0.1, -0.05) is 41.4 Å². The van der Waals surface area contributed by atoms with E-state index in [1.54, 1.807) is 42.6 Å². The highest BCUT2D eigenvalue weighted by Gasteiger charge is 2.14. The lowest BCUT2D eigenvalue weighted by atomic mass is 10.1. The Kier molecular flexibility index (Phi) is 5.45. The lowest BCUT2D eigenvalue weighted by Gasteiger charge is -2.11. The summed E-state index contributed by atoms with van der Waals surface area (Å²) in [6.45, 7) is 2.16. The van der Waals surface area contributed by atoms with Gasteiger partial charge in [-0.2, -0.15) is 0 Å². The smallest absolute Gasteiger partial charge is 0.263 e. The largest absolute Gasteiger partial charge is 0.322 e. The molecule has 0 bridgehead atoms. The number of benzene rings is 2. The first-order valence-electron chi connectivity index (χ1n) is 7.96. The van der Waals surface area contributed by atoms with Crippen molar-refractivity contribution in [3.63, 3.8) is 0 Å². The number of rotatable bonds is 4. The molecule has 1 N–H and O–H groups in total. The maximum Gasteiger partial charge on any atom is 0.263 e. The van der Waals surface area contributed by atoms with Gasteiger partial charge in [0, 0.05) is 21.9 Å². The first kappa shape index (κ1) is 18.2. The molecule has 0 aliphatic rings. The molecule has 0 saturated carbocycles. The molecular weight excluding hydrogens is 371 g/mol. The summed E-state index contributed by atoms with van der Waals surface area (Å²) in [5.41, 5.74) is 1.95. The molecule has 2 aromatic carbocycles. The standard InChI is InChI=1S/C20H16Cl2N2O2/c1-13-17(22)5-2-6-18(13)23-19(25)16-4-3-11-24(20(16)26)12-14-7-9-15(21)10-8-14/h2-11H,12H2,1H3,(H,23,25). The van der Waals surface area contributed by atoms with Crippen LogP contribution in [0.5, 0.6) is 0 Å². The van der Waals surface area contributed by atoms with Crippen molar-refractivity contribution in [3.8, 4) is 0 Å². The molecule has 0 fully saturated rings. The van der Waals surface area contributed by atoms with Crippen LogP contribution in [0.3, 0.4) is 0 Å². The van der Waals surface area contributed by atoms with Crippen molar-refractivity contribution in [2.45, 2.75) is 13.5 Å². The van der Waals surface area contributed by atoms with Gasteiger partial charge in [-0.15, -0.1) is 0 Å². The predicted octanol–water partition coefficient (Wildman–Crippen LogP) is 4.76. The predicted molar refractivity (Wildman–Crippen MR) is 105 cm³/mol. The van der Waals surface area contributed by atoms with Crippen molar-refractivity contribution >= 4 is 34.8 Å². The number of nitrogens with one attached hydrogen (secondary N) is 1. The summed E-state index contributed by atoms with van der Waals surface area (Å²) in [5.74, 6) is -0.467. The van der Waals surface area contributed by atoms with E-state index in [0.29, 0.717) is 22.3 Å². The zero-order chi connectivity index (χ0) is 18.7. The van der Waals surface area contributed by atoms with Gasteiger partial charge in [0.2, 0.25) is 0 Å². The molecule has 0 radical (unpaired) electrons. The van der Waals surface area contributed by atoms with Crippen LogP contribution in [-0.4, -0.2) is 10.5 Å². The lowest BCUT2D eigenvalue weighted by molar-refractivity contribution is 0.102. The van der Waals surface area contributed by atoms with Crippen molar-refractivity contribution in [3.05, 3.63) is 97.9 Å². The van der Waals surface area contributed by atoms with E-state index < -0.39 is 5.91 Å². The third kappa shape index (κ3) is 3.98. The van der Waals surface area contributed by atoms with E-state index in [1.807, 2.05) is 19.1 Å². The molecule has 0 aliphatic carbocycles. The molecule has 3 rings (SSSR count).